The molecule has 0 atom stereocenters. The van der Waals surface area contributed by atoms with Gasteiger partial charge in [-0.3, -0.25) is 4.79 Å². The van der Waals surface area contributed by atoms with Gasteiger partial charge in [0.15, 0.2) is 0 Å². The Bertz CT molecular complexity index is 429. The molecule has 0 N–H and O–H groups in total. The molecule has 2 aromatic heterocycles. The molecule has 4 heteroatoms. The number of carbonyl (C=O) groups is 1. The van der Waals surface area contributed by atoms with E-state index < -0.39 is 0 Å². The smallest absolute Gasteiger partial charge is 0.216 e. The lowest BCUT2D eigenvalue weighted by Crippen LogP contribution is -1.97. The number of thiophene rings is 2. The molecule has 2 heterocycles. The van der Waals surface area contributed by atoms with Gasteiger partial charge in [0.2, 0.25) is 5.78 Å². The van der Waals surface area contributed by atoms with Crippen LogP contribution < -0.4 is 4.74 Å². The molecule has 0 aliphatic rings. The Kier molecular flexibility index (Phi) is 2.65. The summed E-state index contributed by atoms with van der Waals surface area (Å²) in [6.45, 7) is 0. The van der Waals surface area contributed by atoms with Crippen LogP contribution in [-0.2, 0) is 0 Å². The van der Waals surface area contributed by atoms with Gasteiger partial charge in [-0.15, -0.1) is 22.7 Å². The van der Waals surface area contributed by atoms with Gasteiger partial charge in [-0.2, -0.15) is 0 Å². The van der Waals surface area contributed by atoms with E-state index in [4.69, 9.17) is 4.74 Å². The molecule has 0 bridgehead atoms. The molecule has 2 aromatic rings. The van der Waals surface area contributed by atoms with Gasteiger partial charge in [0.05, 0.1) is 12.0 Å². The van der Waals surface area contributed by atoms with Gasteiger partial charge in [-0.05, 0) is 22.9 Å². The molecule has 0 aliphatic heterocycles. The van der Waals surface area contributed by atoms with Crippen LogP contribution in [0.2, 0.25) is 0 Å². The molecule has 2 nitrogen and oxygen atoms in total. The lowest BCUT2D eigenvalue weighted by Gasteiger charge is -1.98. The number of ketones is 1. The van der Waals surface area contributed by atoms with Crippen molar-refractivity contribution in [3.05, 3.63) is 38.7 Å². The van der Waals surface area contributed by atoms with Crippen molar-refractivity contribution in [2.75, 3.05) is 7.11 Å². The highest BCUT2D eigenvalue weighted by atomic mass is 32.1. The molecule has 0 spiro atoms. The van der Waals surface area contributed by atoms with Crippen LogP contribution in [0.4, 0.5) is 0 Å². The van der Waals surface area contributed by atoms with Crippen LogP contribution in [0.1, 0.15) is 14.5 Å². The summed E-state index contributed by atoms with van der Waals surface area (Å²) in [5.74, 6) is 0.709. The van der Waals surface area contributed by atoms with Crippen molar-refractivity contribution in [1.29, 1.82) is 0 Å². The van der Waals surface area contributed by atoms with Crippen LogP contribution in [0.5, 0.6) is 5.75 Å². The summed E-state index contributed by atoms with van der Waals surface area (Å²) in [5.41, 5.74) is 0. The van der Waals surface area contributed by atoms with E-state index in [1.807, 2.05) is 29.0 Å². The molecular weight excluding hydrogens is 216 g/mol. The zero-order valence-corrected chi connectivity index (χ0v) is 9.15. The monoisotopic (exact) mass is 224 g/mol. The van der Waals surface area contributed by atoms with Crippen molar-refractivity contribution in [3.63, 3.8) is 0 Å². The summed E-state index contributed by atoms with van der Waals surface area (Å²) in [4.78, 5) is 13.3. The van der Waals surface area contributed by atoms with Crippen molar-refractivity contribution >= 4 is 28.5 Å². The second-order valence-electron chi connectivity index (χ2n) is 2.62. The molecule has 0 fully saturated rings. The summed E-state index contributed by atoms with van der Waals surface area (Å²) in [6.07, 6.45) is 0. The second kappa shape index (κ2) is 3.94. The van der Waals surface area contributed by atoms with Crippen LogP contribution in [0.3, 0.4) is 0 Å². The molecular formula is C10H8O2S2. The zero-order chi connectivity index (χ0) is 9.97. The number of ether oxygens (including phenoxy) is 1. The first-order valence-corrected chi connectivity index (χ1v) is 5.78. The average molecular weight is 224 g/mol. The second-order valence-corrected chi connectivity index (χ2v) is 4.49. The first-order valence-electron chi connectivity index (χ1n) is 4.02. The number of carbonyl (C=O) groups excluding carboxylic acids is 1. The standard InChI is InChI=1S/C10H8O2S2/c1-12-7-4-6-14-10(7)9(11)8-3-2-5-13-8/h2-6H,1H3. The minimum Gasteiger partial charge on any atom is -0.495 e. The third-order valence-electron chi connectivity index (χ3n) is 1.80. The minimum atomic E-state index is 0.0480. The van der Waals surface area contributed by atoms with Crippen LogP contribution in [0.15, 0.2) is 29.0 Å². The predicted molar refractivity (Wildman–Crippen MR) is 58.6 cm³/mol. The van der Waals surface area contributed by atoms with Crippen LogP contribution >= 0.6 is 22.7 Å². The van der Waals surface area contributed by atoms with Gasteiger partial charge in [-0.1, -0.05) is 6.07 Å². The van der Waals surface area contributed by atoms with E-state index in [2.05, 4.69) is 0 Å². The molecule has 0 aliphatic carbocycles. The fourth-order valence-corrected chi connectivity index (χ4v) is 2.69. The molecule has 0 radical (unpaired) electrons. The third-order valence-corrected chi connectivity index (χ3v) is 3.56. The minimum absolute atomic E-state index is 0.0480. The maximum absolute atomic E-state index is 11.9. The highest BCUT2D eigenvalue weighted by molar-refractivity contribution is 7.16. The van der Waals surface area contributed by atoms with E-state index in [-0.39, 0.29) is 5.78 Å². The van der Waals surface area contributed by atoms with Gasteiger partial charge in [-0.25, -0.2) is 0 Å². The summed E-state index contributed by atoms with van der Waals surface area (Å²) in [5, 5.41) is 3.76. The van der Waals surface area contributed by atoms with E-state index in [9.17, 15) is 4.79 Å². The Balaban J connectivity index is 2.36. The fourth-order valence-electron chi connectivity index (χ4n) is 1.14. The SMILES string of the molecule is COc1ccsc1C(=O)c1cccs1. The quantitative estimate of drug-likeness (QED) is 0.749. The van der Waals surface area contributed by atoms with Gasteiger partial charge >= 0.3 is 0 Å². The van der Waals surface area contributed by atoms with Crippen LogP contribution in [-0.4, -0.2) is 12.9 Å². The zero-order valence-electron chi connectivity index (χ0n) is 7.52. The first kappa shape index (κ1) is 9.43. The van der Waals surface area contributed by atoms with E-state index in [1.165, 1.54) is 22.7 Å². The third kappa shape index (κ3) is 1.58. The average Bonchev–Trinajstić information content (AvgIpc) is 2.87. The Labute approximate surface area is 89.8 Å². The highest BCUT2D eigenvalue weighted by Gasteiger charge is 2.16. The summed E-state index contributed by atoms with van der Waals surface area (Å²) in [7, 11) is 1.58. The topological polar surface area (TPSA) is 26.3 Å². The lowest BCUT2D eigenvalue weighted by molar-refractivity contribution is 0.104. The number of methoxy groups -OCH3 is 1. The summed E-state index contributed by atoms with van der Waals surface area (Å²) < 4.78 is 5.10. The first-order chi connectivity index (χ1) is 6.83. The Morgan fingerprint density at radius 2 is 2.14 bits per heavy atom. The summed E-state index contributed by atoms with van der Waals surface area (Å²) in [6, 6.07) is 5.51. The molecule has 0 saturated carbocycles. The van der Waals surface area contributed by atoms with Gasteiger partial charge in [0.25, 0.3) is 0 Å². The van der Waals surface area contributed by atoms with E-state index >= 15 is 0 Å². The predicted octanol–water partition coefficient (Wildman–Crippen LogP) is 3.05. The Hall–Kier alpha value is -1.13. The molecule has 14 heavy (non-hydrogen) atoms. The molecule has 0 aromatic carbocycles. The number of rotatable bonds is 3. The van der Waals surface area contributed by atoms with Crippen molar-refractivity contribution in [2.45, 2.75) is 0 Å². The molecule has 72 valence electrons. The van der Waals surface area contributed by atoms with E-state index in [0.717, 1.165) is 4.88 Å². The van der Waals surface area contributed by atoms with Crippen LogP contribution in [0, 0.1) is 0 Å². The largest absolute Gasteiger partial charge is 0.495 e. The van der Waals surface area contributed by atoms with Gasteiger partial charge in [0, 0.05) is 0 Å². The molecule has 2 rings (SSSR count). The van der Waals surface area contributed by atoms with Crippen molar-refractivity contribution in [3.8, 4) is 5.75 Å². The molecule has 0 unspecified atom stereocenters. The summed E-state index contributed by atoms with van der Waals surface area (Å²) >= 11 is 2.86. The van der Waals surface area contributed by atoms with Gasteiger partial charge in [0.1, 0.15) is 10.6 Å². The Morgan fingerprint density at radius 1 is 1.29 bits per heavy atom. The maximum Gasteiger partial charge on any atom is 0.216 e. The van der Waals surface area contributed by atoms with Gasteiger partial charge < -0.3 is 4.74 Å². The van der Waals surface area contributed by atoms with E-state index in [1.54, 1.807) is 7.11 Å². The lowest BCUT2D eigenvalue weighted by atomic mass is 10.2. The molecule has 0 saturated heterocycles. The van der Waals surface area contributed by atoms with Crippen molar-refractivity contribution in [2.24, 2.45) is 0 Å². The van der Waals surface area contributed by atoms with Crippen molar-refractivity contribution < 1.29 is 9.53 Å². The molecule has 0 amide bonds. The van der Waals surface area contributed by atoms with E-state index in [0.29, 0.717) is 10.6 Å². The number of hydrogen-bond donors (Lipinski definition) is 0. The fraction of sp³-hybridized carbons (Fsp3) is 0.100. The maximum atomic E-state index is 11.9. The normalized spacial score (nSPS) is 10.1. The van der Waals surface area contributed by atoms with Crippen molar-refractivity contribution in [1.82, 2.24) is 0 Å². The highest BCUT2D eigenvalue weighted by Crippen LogP contribution is 2.28. The number of hydrogen-bond acceptors (Lipinski definition) is 4. The Morgan fingerprint density at radius 3 is 2.79 bits per heavy atom. The van der Waals surface area contributed by atoms with Crippen LogP contribution in [0.25, 0.3) is 0 Å².